The minimum atomic E-state index is -4.21. The van der Waals surface area contributed by atoms with Crippen molar-refractivity contribution in [3.63, 3.8) is 0 Å². The molecule has 714 valence electrons. The molecule has 1 saturated heterocycles. The summed E-state index contributed by atoms with van der Waals surface area (Å²) in [7, 11) is 2.05. The van der Waals surface area contributed by atoms with E-state index in [4.69, 9.17) is 38.9 Å². The third-order valence-electron chi connectivity index (χ3n) is 23.2. The third-order valence-corrected chi connectivity index (χ3v) is 24.2. The van der Waals surface area contributed by atoms with E-state index in [-0.39, 0.29) is 163 Å². The lowest BCUT2D eigenvalue weighted by molar-refractivity contribution is -0.148. The Balaban J connectivity index is 0.00000102. The number of fused-ring (bicyclic) bond motifs is 1. The number of carbonyl (C=O) groups excluding carboxylic acids is 12. The standard InChI is InChI=1S/C63H102N8O11.C26H42N4O11S.2CH4/c1-17-41(10)57(53(81-16)35-54(74)71-32-22-26-50(71)42(11)43(12)59(76)67-44(13)58(75)46-23-19-18-20-24-46)69(14)61(78)49(37(2)3)34-52(73)56(39(6)7)70(15)63(80)82-36-45-27-29-48(30-28-45)68-60(77)47(25-21-31-65-62(64)79)33-51(72)55(38(4)5)66-40(8)9;1-19(31)39-16-20(17-40-26(34)30-42(35,36)28-12-13-38-15-14-37-2)29-24(32)10-7-11-27-25(33)41-18-23-21-8-5-3-4-6-9-22(21)23;;/h18-20,23-24,27-30,37-44,47,49-50,53,55-58,66,75H,17,21-22,25-26,31-36H2,1-16H3,(H,67,76)(H,68,77)(H3,64,65,79);20-23,28H,5-18H2,1-2H3,(H,27,33)(H,29,32)(H,30,34);2*1H4/t41-,42+,43-,44-,47+,49-,50-,53+,55-,56-,57-,58-;20-,21-,22+,23?;;/m00../s1. The summed E-state index contributed by atoms with van der Waals surface area (Å²) >= 11 is 0. The van der Waals surface area contributed by atoms with E-state index in [9.17, 15) is 71.1 Å². The van der Waals surface area contributed by atoms with E-state index in [1.165, 1.54) is 26.0 Å². The van der Waals surface area contributed by atoms with Gasteiger partial charge >= 0.3 is 40.5 Å². The number of ether oxygens (including phenoxy) is 7. The molecule has 35 heteroatoms. The minimum absolute atomic E-state index is 0. The number of aliphatic hydroxyl groups is 1. The van der Waals surface area contributed by atoms with Crippen LogP contribution in [0.15, 0.2) is 54.6 Å². The summed E-state index contributed by atoms with van der Waals surface area (Å²) in [5.41, 5.74) is 7.03. The number of rotatable bonds is 53. The number of Topliss-reactive ketones (excluding diaryl/α,β-unsaturated/α-hetero) is 2. The van der Waals surface area contributed by atoms with Gasteiger partial charge in [0.05, 0.1) is 75.3 Å². The van der Waals surface area contributed by atoms with E-state index in [0.717, 1.165) is 38.5 Å². The molecule has 1 aliphatic heterocycles. The Morgan fingerprint density at radius 1 is 0.683 bits per heavy atom. The molecule has 2 aromatic carbocycles. The van der Waals surface area contributed by atoms with Crippen LogP contribution in [0.1, 0.15) is 219 Å². The van der Waals surface area contributed by atoms with Crippen LogP contribution in [0.4, 0.5) is 24.9 Å². The zero-order chi connectivity index (χ0) is 92.5. The number of aliphatic hydroxyl groups excluding tert-OH is 1. The Morgan fingerprint density at radius 2 is 1.32 bits per heavy atom. The molecule has 2 aromatic rings. The number of anilines is 1. The summed E-state index contributed by atoms with van der Waals surface area (Å²) in [6, 6.07) is 11.8. The molecule has 1 saturated carbocycles. The Bertz CT molecular complexity index is 3870. The van der Waals surface area contributed by atoms with Crippen molar-refractivity contribution in [2.75, 3.05) is 99.5 Å². The average molecular weight is 1800 g/mol. The van der Waals surface area contributed by atoms with Crippen LogP contribution in [-0.2, 0) is 88.3 Å². The maximum Gasteiger partial charge on any atom is 0.421 e. The van der Waals surface area contributed by atoms with Gasteiger partial charge in [0.2, 0.25) is 29.5 Å². The van der Waals surface area contributed by atoms with E-state index in [1.54, 1.807) is 55.0 Å². The molecule has 2 aliphatic carbocycles. The number of esters is 1. The number of alkyl carbamates (subject to hydrolysis) is 1. The molecule has 3 aliphatic rings. The molecule has 0 spiro atoms. The fraction of sp³-hybridized carbons (Fsp3) is 0.714. The number of hydrogen-bond donors (Lipinski definition) is 10. The number of nitrogens with zero attached hydrogens (tertiary/aromatic N) is 3. The summed E-state index contributed by atoms with van der Waals surface area (Å²) in [6.07, 6.45) is 2.86. The first kappa shape index (κ1) is 113. The number of nitrogens with one attached hydrogen (secondary N) is 8. The molecule has 5 rings (SSSR count). The summed E-state index contributed by atoms with van der Waals surface area (Å²) in [6.45, 7) is 27.1. The number of carbonyl (C=O) groups is 12. The lowest BCUT2D eigenvalue weighted by Gasteiger charge is -2.41. The highest BCUT2D eigenvalue weighted by Gasteiger charge is 2.50. The second-order valence-electron chi connectivity index (χ2n) is 34.1. The highest BCUT2D eigenvalue weighted by molar-refractivity contribution is 7.88. The molecule has 2 fully saturated rings. The van der Waals surface area contributed by atoms with Gasteiger partial charge in [-0.2, -0.15) is 13.1 Å². The van der Waals surface area contributed by atoms with Crippen LogP contribution in [0, 0.1) is 76.9 Å². The largest absolute Gasteiger partial charge is 0.464 e. The van der Waals surface area contributed by atoms with Crippen LogP contribution in [0.25, 0.3) is 0 Å². The van der Waals surface area contributed by atoms with Gasteiger partial charge in [-0.15, -0.1) is 11.8 Å². The molecular weight excluding hydrogens is 1650 g/mol. The molecule has 16 atom stereocenters. The summed E-state index contributed by atoms with van der Waals surface area (Å²) < 4.78 is 64.5. The van der Waals surface area contributed by atoms with Gasteiger partial charge in [0.25, 0.3) is 0 Å². The number of methoxy groups -OCH3 is 2. The highest BCUT2D eigenvalue weighted by Crippen LogP contribution is 2.52. The van der Waals surface area contributed by atoms with E-state index < -0.39 is 113 Å². The molecule has 34 nitrogen and oxygen atoms in total. The first-order valence-electron chi connectivity index (χ1n) is 43.7. The van der Waals surface area contributed by atoms with E-state index in [0.29, 0.717) is 80.0 Å². The van der Waals surface area contributed by atoms with Crippen molar-refractivity contribution in [3.05, 3.63) is 65.7 Å². The second-order valence-corrected chi connectivity index (χ2v) is 35.6. The maximum absolute atomic E-state index is 14.8. The van der Waals surface area contributed by atoms with E-state index >= 15 is 0 Å². The van der Waals surface area contributed by atoms with Crippen molar-refractivity contribution < 1.29 is 104 Å². The smallest absolute Gasteiger partial charge is 0.421 e. The number of amides is 10. The zero-order valence-corrected chi connectivity index (χ0v) is 77.1. The topological polar surface area (TPSA) is 456 Å². The van der Waals surface area contributed by atoms with Gasteiger partial charge < -0.3 is 90.6 Å². The normalized spacial score (nSPS) is 18.1. The number of primary amides is 1. The number of hydrogen-bond acceptors (Lipinski definition) is 23. The SMILES string of the molecule is C.C.CC[C@H](C)[C@@H]([C@@H](CC(=O)N1CCC[C@H]1[C@H](C)[C@H](C)C(=O)N[C@@H](C)[C@H](O)c1ccccc1)OC)N(C)C(=O)[C@@H](CC(=O)[C@H](C(C)C)N(C)C(=O)OCc1ccc(NC(=O)[C@H](CCCNC(N)=O)CC(=O)[C@@H](NC(C)C)C(C)C)cc1)C(C)C.COCCOCCNS(=O)(=O)NC(=O)OC[C@H](COC(C)=O)NC(=O)CCCNC(=O)OCC1[C@H]2CCC#CCC[C@@H]12. The zero-order valence-electron chi connectivity index (χ0n) is 76.3. The fourth-order valence-corrected chi connectivity index (χ4v) is 16.6. The Hall–Kier alpha value is -9.05. The van der Waals surface area contributed by atoms with Gasteiger partial charge in [0.15, 0.2) is 11.6 Å². The first-order valence-corrected chi connectivity index (χ1v) is 45.2. The molecule has 1 heterocycles. The lowest BCUT2D eigenvalue weighted by atomic mass is 9.83. The predicted molar refractivity (Wildman–Crippen MR) is 481 cm³/mol. The van der Waals surface area contributed by atoms with Crippen molar-refractivity contribution in [2.45, 2.75) is 263 Å². The van der Waals surface area contributed by atoms with Crippen LogP contribution in [0.2, 0.25) is 0 Å². The Kier molecular flexibility index (Phi) is 52.4. The number of ketones is 2. The molecule has 11 N–H and O–H groups in total. The minimum Gasteiger partial charge on any atom is -0.464 e. The molecule has 10 amide bonds. The molecule has 1 unspecified atom stereocenters. The van der Waals surface area contributed by atoms with E-state index in [2.05, 4.69) is 48.5 Å². The van der Waals surface area contributed by atoms with Crippen molar-refractivity contribution >= 4 is 87.3 Å². The predicted octanol–water partition coefficient (Wildman–Crippen LogP) is 9.75. The van der Waals surface area contributed by atoms with Crippen molar-refractivity contribution in [3.8, 4) is 11.8 Å². The molecule has 0 bridgehead atoms. The van der Waals surface area contributed by atoms with Gasteiger partial charge in [0.1, 0.15) is 19.8 Å². The first-order chi connectivity index (χ1) is 58.7. The van der Waals surface area contributed by atoms with Gasteiger partial charge in [-0.1, -0.05) is 147 Å². The maximum atomic E-state index is 14.8. The number of likely N-dealkylation sites (N-methyl/N-ethyl adjacent to an activating group) is 2. The summed E-state index contributed by atoms with van der Waals surface area (Å²) in [4.78, 5) is 162. The second kappa shape index (κ2) is 58.4. The van der Waals surface area contributed by atoms with Gasteiger partial charge in [-0.25, -0.2) is 23.9 Å². The van der Waals surface area contributed by atoms with Crippen LogP contribution in [0.5, 0.6) is 0 Å². The monoisotopic (exact) mass is 1800 g/mol. The van der Waals surface area contributed by atoms with Crippen LogP contribution in [-0.4, -0.2) is 242 Å². The molecular formula is C91H152N12O22S. The Morgan fingerprint density at radius 3 is 1.90 bits per heavy atom. The fourth-order valence-electron chi connectivity index (χ4n) is 15.9. The number of urea groups is 1. The van der Waals surface area contributed by atoms with Gasteiger partial charge in [-0.3, -0.25) is 38.4 Å². The van der Waals surface area contributed by atoms with Crippen LogP contribution < -0.4 is 47.1 Å². The van der Waals surface area contributed by atoms with Gasteiger partial charge in [0, 0.05) is 129 Å². The van der Waals surface area contributed by atoms with Crippen molar-refractivity contribution in [2.24, 2.45) is 70.8 Å². The number of nitrogens with two attached hydrogens (primary N) is 1. The average Bonchev–Trinajstić information content (AvgIpc) is 1.62. The number of likely N-dealkylation sites (tertiary alicyclic amines) is 1. The molecule has 0 radical (unpaired) electrons. The lowest BCUT2D eigenvalue weighted by Crippen LogP contribution is -2.54. The van der Waals surface area contributed by atoms with E-state index in [1.807, 2.05) is 118 Å². The Labute approximate surface area is 749 Å². The molecule has 126 heavy (non-hydrogen) atoms. The summed E-state index contributed by atoms with van der Waals surface area (Å²) in [5.74, 6) is 2.65. The molecule has 0 aromatic heterocycles. The third kappa shape index (κ3) is 39.7. The van der Waals surface area contributed by atoms with Crippen LogP contribution in [0.3, 0.4) is 0 Å². The highest BCUT2D eigenvalue weighted by atomic mass is 32.2. The number of benzene rings is 2. The summed E-state index contributed by atoms with van der Waals surface area (Å²) in [5, 5.41) is 27.9. The van der Waals surface area contributed by atoms with Gasteiger partial charge in [-0.05, 0) is 122 Å². The quantitative estimate of drug-likeness (QED) is 0.0127. The van der Waals surface area contributed by atoms with Crippen LogP contribution >= 0.6 is 0 Å². The van der Waals surface area contributed by atoms with Crippen molar-refractivity contribution in [1.82, 2.24) is 50.7 Å². The van der Waals surface area contributed by atoms with Crippen molar-refractivity contribution in [1.29, 1.82) is 0 Å².